The van der Waals surface area contributed by atoms with Crippen LogP contribution in [0.3, 0.4) is 0 Å². The first-order valence-corrected chi connectivity index (χ1v) is 8.12. The maximum absolute atomic E-state index is 5.81. The third-order valence-electron chi connectivity index (χ3n) is 3.77. The zero-order chi connectivity index (χ0) is 14.5. The van der Waals surface area contributed by atoms with Crippen molar-refractivity contribution in [3.05, 3.63) is 27.7 Å². The molecule has 0 amide bonds. The van der Waals surface area contributed by atoms with Gasteiger partial charge in [-0.1, -0.05) is 15.9 Å². The number of hydrogen-bond donors (Lipinski definition) is 1. The van der Waals surface area contributed by atoms with Gasteiger partial charge in [-0.15, -0.1) is 0 Å². The summed E-state index contributed by atoms with van der Waals surface area (Å²) in [6, 6.07) is 4.54. The van der Waals surface area contributed by atoms with Crippen LogP contribution in [0.5, 0.6) is 5.75 Å². The Morgan fingerprint density at radius 2 is 2.10 bits per heavy atom. The average molecular weight is 342 g/mol. The van der Waals surface area contributed by atoms with Gasteiger partial charge in [0.1, 0.15) is 12.4 Å². The van der Waals surface area contributed by atoms with Crippen molar-refractivity contribution in [1.29, 1.82) is 0 Å². The first-order chi connectivity index (χ1) is 9.58. The lowest BCUT2D eigenvalue weighted by molar-refractivity contribution is 0.0824. The molecule has 0 radical (unpaired) electrons. The van der Waals surface area contributed by atoms with Crippen molar-refractivity contribution in [3.8, 4) is 5.75 Å². The van der Waals surface area contributed by atoms with Crippen molar-refractivity contribution in [2.45, 2.75) is 45.8 Å². The van der Waals surface area contributed by atoms with Crippen molar-refractivity contribution in [2.24, 2.45) is 0 Å². The lowest BCUT2D eigenvalue weighted by Crippen LogP contribution is -2.39. The van der Waals surface area contributed by atoms with Crippen molar-refractivity contribution >= 4 is 15.9 Å². The van der Waals surface area contributed by atoms with E-state index in [1.807, 2.05) is 0 Å². The lowest BCUT2D eigenvalue weighted by Gasteiger charge is -2.20. The fourth-order valence-electron chi connectivity index (χ4n) is 2.57. The van der Waals surface area contributed by atoms with Gasteiger partial charge in [0, 0.05) is 23.7 Å². The zero-order valence-corrected chi connectivity index (χ0v) is 14.1. The summed E-state index contributed by atoms with van der Waals surface area (Å²) in [5.74, 6) is 0.940. The van der Waals surface area contributed by atoms with Crippen molar-refractivity contribution in [2.75, 3.05) is 19.8 Å². The van der Waals surface area contributed by atoms with Gasteiger partial charge in [0.25, 0.3) is 0 Å². The molecule has 0 aliphatic carbocycles. The van der Waals surface area contributed by atoms with Crippen LogP contribution in [0.2, 0.25) is 0 Å². The van der Waals surface area contributed by atoms with Crippen LogP contribution >= 0.6 is 15.9 Å². The maximum Gasteiger partial charge on any atom is 0.119 e. The molecular weight excluding hydrogens is 318 g/mol. The molecule has 1 saturated heterocycles. The molecule has 1 aliphatic rings. The summed E-state index contributed by atoms with van der Waals surface area (Å²) in [7, 11) is 0. The Bertz CT molecular complexity index is 421. The van der Waals surface area contributed by atoms with Gasteiger partial charge in [0.05, 0.1) is 6.10 Å². The quantitative estimate of drug-likeness (QED) is 0.802. The second kappa shape index (κ2) is 7.43. The lowest BCUT2D eigenvalue weighted by atomic mass is 10.1. The maximum atomic E-state index is 5.81. The molecule has 2 rings (SSSR count). The molecule has 2 unspecified atom stereocenters. The van der Waals surface area contributed by atoms with E-state index in [-0.39, 0.29) is 0 Å². The van der Waals surface area contributed by atoms with E-state index in [2.05, 4.69) is 54.2 Å². The first-order valence-electron chi connectivity index (χ1n) is 7.32. The molecule has 0 bridgehead atoms. The Hall–Kier alpha value is -0.580. The van der Waals surface area contributed by atoms with E-state index in [0.717, 1.165) is 23.4 Å². The van der Waals surface area contributed by atoms with Gasteiger partial charge in [-0.25, -0.2) is 0 Å². The largest absolute Gasteiger partial charge is 0.492 e. The normalized spacial score (nSPS) is 20.1. The molecule has 0 aromatic heterocycles. The standard InChI is InChI=1S/C16H24BrNO2/c1-11-9-14(10-12(2)16(11)17)19-8-6-18-13(3)15-5-4-7-20-15/h9-10,13,15,18H,4-8H2,1-3H3. The molecule has 0 saturated carbocycles. The number of ether oxygens (including phenoxy) is 2. The van der Waals surface area contributed by atoms with Crippen LogP contribution in [0.25, 0.3) is 0 Å². The molecule has 1 aromatic rings. The van der Waals surface area contributed by atoms with Crippen LogP contribution < -0.4 is 10.1 Å². The van der Waals surface area contributed by atoms with Gasteiger partial charge in [-0.3, -0.25) is 0 Å². The Balaban J connectivity index is 1.73. The Morgan fingerprint density at radius 3 is 2.70 bits per heavy atom. The van der Waals surface area contributed by atoms with E-state index >= 15 is 0 Å². The van der Waals surface area contributed by atoms with Gasteiger partial charge in [0.15, 0.2) is 0 Å². The number of nitrogens with one attached hydrogen (secondary N) is 1. The molecule has 0 spiro atoms. The summed E-state index contributed by atoms with van der Waals surface area (Å²) >= 11 is 3.57. The minimum atomic E-state index is 0.368. The van der Waals surface area contributed by atoms with Crippen LogP contribution in [0.4, 0.5) is 0 Å². The fraction of sp³-hybridized carbons (Fsp3) is 0.625. The SMILES string of the molecule is Cc1cc(OCCNC(C)C2CCCO2)cc(C)c1Br. The van der Waals surface area contributed by atoms with E-state index in [1.54, 1.807) is 0 Å². The topological polar surface area (TPSA) is 30.5 Å². The molecule has 2 atom stereocenters. The highest BCUT2D eigenvalue weighted by Gasteiger charge is 2.21. The highest BCUT2D eigenvalue weighted by Crippen LogP contribution is 2.26. The molecule has 4 heteroatoms. The van der Waals surface area contributed by atoms with Crippen LogP contribution in [0.1, 0.15) is 30.9 Å². The van der Waals surface area contributed by atoms with Crippen LogP contribution in [-0.4, -0.2) is 31.9 Å². The molecule has 20 heavy (non-hydrogen) atoms. The number of hydrogen-bond acceptors (Lipinski definition) is 3. The Morgan fingerprint density at radius 1 is 1.40 bits per heavy atom. The minimum Gasteiger partial charge on any atom is -0.492 e. The number of rotatable bonds is 6. The van der Waals surface area contributed by atoms with E-state index in [1.165, 1.54) is 24.0 Å². The van der Waals surface area contributed by atoms with E-state index < -0.39 is 0 Å². The van der Waals surface area contributed by atoms with Gasteiger partial charge in [0.2, 0.25) is 0 Å². The molecule has 1 aromatic carbocycles. The second-order valence-electron chi connectivity index (χ2n) is 5.51. The third kappa shape index (κ3) is 4.21. The molecular formula is C16H24BrNO2. The number of halogens is 1. The Kier molecular flexibility index (Phi) is 5.87. The van der Waals surface area contributed by atoms with E-state index in [4.69, 9.17) is 9.47 Å². The monoisotopic (exact) mass is 341 g/mol. The number of benzene rings is 1. The van der Waals surface area contributed by atoms with Crippen LogP contribution in [0, 0.1) is 13.8 Å². The molecule has 1 heterocycles. The van der Waals surface area contributed by atoms with E-state index in [9.17, 15) is 0 Å². The summed E-state index contributed by atoms with van der Waals surface area (Å²) < 4.78 is 12.6. The summed E-state index contributed by atoms with van der Waals surface area (Å²) in [5, 5.41) is 3.48. The highest BCUT2D eigenvalue weighted by atomic mass is 79.9. The van der Waals surface area contributed by atoms with Crippen LogP contribution in [0.15, 0.2) is 16.6 Å². The van der Waals surface area contributed by atoms with Crippen molar-refractivity contribution in [3.63, 3.8) is 0 Å². The predicted molar refractivity (Wildman–Crippen MR) is 85.5 cm³/mol. The van der Waals surface area contributed by atoms with Crippen LogP contribution in [-0.2, 0) is 4.74 Å². The summed E-state index contributed by atoms with van der Waals surface area (Å²) in [6.45, 7) is 8.78. The molecule has 1 aliphatic heterocycles. The second-order valence-corrected chi connectivity index (χ2v) is 6.31. The summed E-state index contributed by atoms with van der Waals surface area (Å²) in [4.78, 5) is 0. The van der Waals surface area contributed by atoms with Gasteiger partial charge in [-0.05, 0) is 56.9 Å². The molecule has 1 fully saturated rings. The molecule has 3 nitrogen and oxygen atoms in total. The molecule has 112 valence electrons. The molecule has 1 N–H and O–H groups in total. The van der Waals surface area contributed by atoms with Crippen molar-refractivity contribution in [1.82, 2.24) is 5.32 Å². The fourth-order valence-corrected chi connectivity index (χ4v) is 2.80. The predicted octanol–water partition coefficient (Wildman–Crippen LogP) is 3.60. The number of aryl methyl sites for hydroxylation is 2. The van der Waals surface area contributed by atoms with Gasteiger partial charge >= 0.3 is 0 Å². The van der Waals surface area contributed by atoms with Gasteiger partial charge in [-0.2, -0.15) is 0 Å². The van der Waals surface area contributed by atoms with Gasteiger partial charge < -0.3 is 14.8 Å². The smallest absolute Gasteiger partial charge is 0.119 e. The highest BCUT2D eigenvalue weighted by molar-refractivity contribution is 9.10. The van der Waals surface area contributed by atoms with E-state index in [0.29, 0.717) is 18.8 Å². The minimum absolute atomic E-state index is 0.368. The zero-order valence-electron chi connectivity index (χ0n) is 12.5. The average Bonchev–Trinajstić information content (AvgIpc) is 2.94. The Labute approximate surface area is 130 Å². The third-order valence-corrected chi connectivity index (χ3v) is 5.02. The summed E-state index contributed by atoms with van der Waals surface area (Å²) in [5.41, 5.74) is 2.42. The van der Waals surface area contributed by atoms with Crippen molar-refractivity contribution < 1.29 is 9.47 Å². The first kappa shape index (κ1) is 15.8. The summed E-state index contributed by atoms with van der Waals surface area (Å²) in [6.07, 6.45) is 2.72.